The monoisotopic (exact) mass is 355 g/mol. The van der Waals surface area contributed by atoms with Crippen molar-refractivity contribution in [1.82, 2.24) is 5.32 Å². The first-order chi connectivity index (χ1) is 11.4. The second kappa shape index (κ2) is 10.7. The van der Waals surface area contributed by atoms with E-state index in [0.29, 0.717) is 24.2 Å². The van der Waals surface area contributed by atoms with Crippen molar-refractivity contribution < 1.29 is 29.7 Å². The number of nitrogens with one attached hydrogen (secondary N) is 1. The highest BCUT2D eigenvalue weighted by atomic mass is 32.2. The summed E-state index contributed by atoms with van der Waals surface area (Å²) in [5, 5.41) is 29.1. The second-order valence-corrected chi connectivity index (χ2v) is 6.30. The van der Waals surface area contributed by atoms with Crippen LogP contribution in [0.25, 0.3) is 0 Å². The summed E-state index contributed by atoms with van der Waals surface area (Å²) in [6.07, 6.45) is 1.35. The summed E-state index contributed by atoms with van der Waals surface area (Å²) in [5.41, 5.74) is 0.819. The number of aromatic carboxylic acids is 1. The topological polar surface area (TPSA) is 124 Å². The molecule has 1 aromatic rings. The Labute approximate surface area is 144 Å². The molecule has 0 saturated heterocycles. The minimum Gasteiger partial charge on any atom is -0.481 e. The Morgan fingerprint density at radius 3 is 2.58 bits per heavy atom. The fraction of sp³-hybridized carbons (Fsp3) is 0.438. The normalized spacial score (nSPS) is 11.7. The molecule has 7 nitrogen and oxygen atoms in total. The summed E-state index contributed by atoms with van der Waals surface area (Å²) in [6, 6.07) is 6.28. The smallest absolute Gasteiger partial charge is 0.335 e. The maximum absolute atomic E-state index is 11.4. The van der Waals surface area contributed by atoms with Gasteiger partial charge < -0.3 is 20.6 Å². The minimum atomic E-state index is -1.04. The Morgan fingerprint density at radius 1 is 1.21 bits per heavy atom. The highest BCUT2D eigenvalue weighted by Gasteiger charge is 2.18. The van der Waals surface area contributed by atoms with Gasteiger partial charge in [-0.15, -0.1) is 0 Å². The SMILES string of the molecule is O=C(CSCCCC(Cc1cccc(C(=O)O)c1)C(=O)O)NCO. The third-order valence-corrected chi connectivity index (χ3v) is 4.40. The van der Waals surface area contributed by atoms with Crippen molar-refractivity contribution in [2.75, 3.05) is 18.2 Å². The zero-order valence-electron chi connectivity index (χ0n) is 13.1. The highest BCUT2D eigenvalue weighted by molar-refractivity contribution is 7.99. The first-order valence-electron chi connectivity index (χ1n) is 7.44. The van der Waals surface area contributed by atoms with Crippen LogP contribution in [0.1, 0.15) is 28.8 Å². The molecule has 1 atom stereocenters. The van der Waals surface area contributed by atoms with Crippen molar-refractivity contribution >= 4 is 29.6 Å². The van der Waals surface area contributed by atoms with Crippen LogP contribution in [0.3, 0.4) is 0 Å². The number of carboxylic acid groups (broad SMARTS) is 2. The Morgan fingerprint density at radius 2 is 1.96 bits per heavy atom. The molecule has 0 aliphatic carbocycles. The Balaban J connectivity index is 2.45. The molecule has 1 unspecified atom stereocenters. The number of rotatable bonds is 11. The zero-order chi connectivity index (χ0) is 17.9. The molecule has 0 bridgehead atoms. The molecule has 0 fully saturated rings. The second-order valence-electron chi connectivity index (χ2n) is 5.20. The van der Waals surface area contributed by atoms with E-state index in [9.17, 15) is 19.5 Å². The van der Waals surface area contributed by atoms with Gasteiger partial charge in [0, 0.05) is 0 Å². The number of hydrogen-bond donors (Lipinski definition) is 4. The van der Waals surface area contributed by atoms with Gasteiger partial charge in [0.05, 0.1) is 17.2 Å². The molecule has 0 spiro atoms. The van der Waals surface area contributed by atoms with E-state index in [2.05, 4.69) is 5.32 Å². The lowest BCUT2D eigenvalue weighted by atomic mass is 9.94. The summed E-state index contributed by atoms with van der Waals surface area (Å²) in [4.78, 5) is 33.5. The van der Waals surface area contributed by atoms with Gasteiger partial charge in [-0.25, -0.2) is 4.79 Å². The quantitative estimate of drug-likeness (QED) is 0.347. The number of carboxylic acids is 2. The van der Waals surface area contributed by atoms with Crippen molar-refractivity contribution in [3.05, 3.63) is 35.4 Å². The molecule has 0 aliphatic rings. The van der Waals surface area contributed by atoms with Gasteiger partial charge in [-0.1, -0.05) is 12.1 Å². The highest BCUT2D eigenvalue weighted by Crippen LogP contribution is 2.18. The van der Waals surface area contributed by atoms with Gasteiger partial charge in [0.1, 0.15) is 6.73 Å². The number of carbonyl (C=O) groups excluding carboxylic acids is 1. The van der Waals surface area contributed by atoms with E-state index in [-0.39, 0.29) is 23.6 Å². The summed E-state index contributed by atoms with van der Waals surface area (Å²) in [6.45, 7) is -0.393. The summed E-state index contributed by atoms with van der Waals surface area (Å²) in [7, 11) is 0. The Kier molecular flexibility index (Phi) is 8.88. The molecule has 0 aromatic heterocycles. The Hall–Kier alpha value is -2.06. The van der Waals surface area contributed by atoms with Gasteiger partial charge in [-0.05, 0) is 42.7 Å². The van der Waals surface area contributed by atoms with Gasteiger partial charge in [0.15, 0.2) is 0 Å². The van der Waals surface area contributed by atoms with Crippen LogP contribution < -0.4 is 5.32 Å². The fourth-order valence-electron chi connectivity index (χ4n) is 2.16. The molecule has 8 heteroatoms. The van der Waals surface area contributed by atoms with Gasteiger partial charge >= 0.3 is 11.9 Å². The third kappa shape index (κ3) is 7.47. The van der Waals surface area contributed by atoms with E-state index in [4.69, 9.17) is 10.2 Å². The number of hydrogen-bond acceptors (Lipinski definition) is 5. The molecular formula is C16H21NO6S. The van der Waals surface area contributed by atoms with Crippen LogP contribution in [0.2, 0.25) is 0 Å². The third-order valence-electron chi connectivity index (χ3n) is 3.36. The summed E-state index contributed by atoms with van der Waals surface area (Å²) >= 11 is 1.37. The molecule has 1 rings (SSSR count). The van der Waals surface area contributed by atoms with Crippen molar-refractivity contribution in [3.8, 4) is 0 Å². The molecule has 4 N–H and O–H groups in total. The Bertz CT molecular complexity index is 577. The number of carbonyl (C=O) groups is 3. The van der Waals surface area contributed by atoms with Gasteiger partial charge in [0.2, 0.25) is 5.91 Å². The van der Waals surface area contributed by atoms with E-state index in [1.807, 2.05) is 0 Å². The lowest BCUT2D eigenvalue weighted by Gasteiger charge is -2.12. The first kappa shape index (κ1) is 20.0. The van der Waals surface area contributed by atoms with Crippen LogP contribution >= 0.6 is 11.8 Å². The van der Waals surface area contributed by atoms with E-state index in [1.54, 1.807) is 12.1 Å². The largest absolute Gasteiger partial charge is 0.481 e. The van der Waals surface area contributed by atoms with Crippen LogP contribution in [0.15, 0.2) is 24.3 Å². The van der Waals surface area contributed by atoms with E-state index in [1.165, 1.54) is 23.9 Å². The van der Waals surface area contributed by atoms with Crippen LogP contribution in [-0.2, 0) is 16.0 Å². The standard InChI is InChI=1S/C16H21NO6S/c18-10-17-14(19)9-24-6-2-5-13(16(22)23)8-11-3-1-4-12(7-11)15(20)21/h1,3-4,7,13,18H,2,5-6,8-10H2,(H,17,19)(H,20,21)(H,22,23). The number of benzene rings is 1. The minimum absolute atomic E-state index is 0.141. The first-order valence-corrected chi connectivity index (χ1v) is 8.60. The average Bonchev–Trinajstić information content (AvgIpc) is 2.53. The number of aliphatic hydroxyl groups is 1. The number of aliphatic carboxylic acids is 1. The van der Waals surface area contributed by atoms with Gasteiger partial charge in [0.25, 0.3) is 0 Å². The predicted molar refractivity (Wildman–Crippen MR) is 90.0 cm³/mol. The lowest BCUT2D eigenvalue weighted by molar-refractivity contribution is -0.142. The molecular weight excluding hydrogens is 334 g/mol. The zero-order valence-corrected chi connectivity index (χ0v) is 13.9. The van der Waals surface area contributed by atoms with Gasteiger partial charge in [-0.3, -0.25) is 9.59 Å². The molecule has 0 radical (unpaired) electrons. The molecule has 132 valence electrons. The van der Waals surface area contributed by atoms with Crippen LogP contribution in [0.4, 0.5) is 0 Å². The maximum Gasteiger partial charge on any atom is 0.335 e. The van der Waals surface area contributed by atoms with Crippen LogP contribution in [0.5, 0.6) is 0 Å². The van der Waals surface area contributed by atoms with Gasteiger partial charge in [-0.2, -0.15) is 11.8 Å². The molecule has 24 heavy (non-hydrogen) atoms. The predicted octanol–water partition coefficient (Wildman–Crippen LogP) is 1.21. The average molecular weight is 355 g/mol. The maximum atomic E-state index is 11.4. The van der Waals surface area contributed by atoms with Crippen LogP contribution in [0, 0.1) is 5.92 Å². The molecule has 1 aromatic carbocycles. The summed E-state index contributed by atoms with van der Waals surface area (Å²) in [5.74, 6) is -1.96. The van der Waals surface area contributed by atoms with Crippen molar-refractivity contribution in [1.29, 1.82) is 0 Å². The summed E-state index contributed by atoms with van der Waals surface area (Å²) < 4.78 is 0. The van der Waals surface area contributed by atoms with Crippen LogP contribution in [-0.4, -0.2) is 51.4 Å². The van der Waals surface area contributed by atoms with E-state index in [0.717, 1.165) is 0 Å². The van der Waals surface area contributed by atoms with Crippen molar-refractivity contribution in [2.24, 2.45) is 5.92 Å². The van der Waals surface area contributed by atoms with Crippen molar-refractivity contribution in [2.45, 2.75) is 19.3 Å². The fourth-order valence-corrected chi connectivity index (χ4v) is 2.97. The molecule has 0 heterocycles. The number of amides is 1. The number of aliphatic hydroxyl groups excluding tert-OH is 1. The van der Waals surface area contributed by atoms with E-state index < -0.39 is 24.6 Å². The molecule has 1 amide bonds. The number of thioether (sulfide) groups is 1. The molecule has 0 aliphatic heterocycles. The lowest BCUT2D eigenvalue weighted by Crippen LogP contribution is -2.25. The van der Waals surface area contributed by atoms with E-state index >= 15 is 0 Å². The van der Waals surface area contributed by atoms with Crippen molar-refractivity contribution in [3.63, 3.8) is 0 Å². The molecule has 0 saturated carbocycles.